The van der Waals surface area contributed by atoms with Crippen molar-refractivity contribution in [2.45, 2.75) is 52.0 Å². The van der Waals surface area contributed by atoms with Crippen molar-refractivity contribution in [2.24, 2.45) is 0 Å². The Kier molecular flexibility index (Phi) is 5.45. The number of carbonyl (C=O) groups excluding carboxylic acids is 1. The highest BCUT2D eigenvalue weighted by Crippen LogP contribution is 2.21. The molecule has 1 heterocycles. The van der Waals surface area contributed by atoms with Crippen molar-refractivity contribution in [3.8, 4) is 5.75 Å². The molecule has 110 valence electrons. The molecule has 1 aromatic carbocycles. The molecule has 2 rings (SSSR count). The van der Waals surface area contributed by atoms with Gasteiger partial charge < -0.3 is 9.64 Å². The second kappa shape index (κ2) is 7.32. The van der Waals surface area contributed by atoms with Crippen molar-refractivity contribution < 1.29 is 9.53 Å². The van der Waals surface area contributed by atoms with E-state index in [9.17, 15) is 4.79 Å². The molecule has 0 aromatic heterocycles. The summed E-state index contributed by atoms with van der Waals surface area (Å²) in [5.74, 6) is 0.968. The Labute approximate surface area is 121 Å². The molecule has 3 nitrogen and oxygen atoms in total. The van der Waals surface area contributed by atoms with Gasteiger partial charge in [-0.3, -0.25) is 4.79 Å². The van der Waals surface area contributed by atoms with Gasteiger partial charge in [0.15, 0.2) is 6.61 Å². The average molecular weight is 275 g/mol. The number of aryl methyl sites for hydroxylation is 1. The molecule has 0 aliphatic carbocycles. The lowest BCUT2D eigenvalue weighted by Crippen LogP contribution is -2.45. The number of hydrogen-bond donors (Lipinski definition) is 0. The van der Waals surface area contributed by atoms with Crippen molar-refractivity contribution in [1.29, 1.82) is 0 Å². The zero-order chi connectivity index (χ0) is 14.4. The molecule has 1 fully saturated rings. The van der Waals surface area contributed by atoms with Gasteiger partial charge in [0.2, 0.25) is 0 Å². The first-order valence-electron chi connectivity index (χ1n) is 7.76. The molecule has 3 heteroatoms. The first kappa shape index (κ1) is 14.9. The molecule has 0 saturated carbocycles. The standard InChI is InChI=1S/C17H25NO2/c1-3-14-9-5-6-11-16(14)20-13-17(19)18-12-8-7-10-15(18)4-2/h5-6,9,11,15H,3-4,7-8,10,12-13H2,1-2H3. The Morgan fingerprint density at radius 2 is 2.10 bits per heavy atom. The summed E-state index contributed by atoms with van der Waals surface area (Å²) in [7, 11) is 0. The van der Waals surface area contributed by atoms with Crippen LogP contribution in [0, 0.1) is 0 Å². The monoisotopic (exact) mass is 275 g/mol. The van der Waals surface area contributed by atoms with Crippen molar-refractivity contribution in [3.63, 3.8) is 0 Å². The maximum atomic E-state index is 12.3. The molecular weight excluding hydrogens is 250 g/mol. The largest absolute Gasteiger partial charge is 0.483 e. The number of benzene rings is 1. The number of nitrogens with zero attached hydrogens (tertiary/aromatic N) is 1. The van der Waals surface area contributed by atoms with Crippen molar-refractivity contribution in [1.82, 2.24) is 4.90 Å². The van der Waals surface area contributed by atoms with Gasteiger partial charge in [0.25, 0.3) is 5.91 Å². The van der Waals surface area contributed by atoms with E-state index in [1.165, 1.54) is 6.42 Å². The van der Waals surface area contributed by atoms with Gasteiger partial charge in [-0.1, -0.05) is 32.0 Å². The van der Waals surface area contributed by atoms with E-state index in [1.807, 2.05) is 23.1 Å². The molecule has 1 amide bonds. The van der Waals surface area contributed by atoms with Crippen LogP contribution in [0.25, 0.3) is 0 Å². The van der Waals surface area contributed by atoms with Crippen LogP contribution in [0.5, 0.6) is 5.75 Å². The highest BCUT2D eigenvalue weighted by atomic mass is 16.5. The van der Waals surface area contributed by atoms with Crippen LogP contribution in [-0.4, -0.2) is 30.0 Å². The Morgan fingerprint density at radius 1 is 1.30 bits per heavy atom. The van der Waals surface area contributed by atoms with Crippen molar-refractivity contribution >= 4 is 5.91 Å². The topological polar surface area (TPSA) is 29.5 Å². The van der Waals surface area contributed by atoms with E-state index < -0.39 is 0 Å². The van der Waals surface area contributed by atoms with Gasteiger partial charge in [0.05, 0.1) is 0 Å². The number of amides is 1. The van der Waals surface area contributed by atoms with E-state index in [4.69, 9.17) is 4.74 Å². The number of ether oxygens (including phenoxy) is 1. The van der Waals surface area contributed by atoms with Gasteiger partial charge >= 0.3 is 0 Å². The Balaban J connectivity index is 1.94. The summed E-state index contributed by atoms with van der Waals surface area (Å²) in [5.41, 5.74) is 1.16. The number of piperidine rings is 1. The molecule has 0 spiro atoms. The third kappa shape index (κ3) is 3.53. The summed E-state index contributed by atoms with van der Waals surface area (Å²) in [6, 6.07) is 8.36. The van der Waals surface area contributed by atoms with Gasteiger partial charge in [-0.15, -0.1) is 0 Å². The van der Waals surface area contributed by atoms with Crippen LogP contribution in [0.4, 0.5) is 0 Å². The second-order valence-electron chi connectivity index (χ2n) is 5.39. The molecular formula is C17H25NO2. The zero-order valence-electron chi connectivity index (χ0n) is 12.6. The smallest absolute Gasteiger partial charge is 0.260 e. The van der Waals surface area contributed by atoms with E-state index in [-0.39, 0.29) is 12.5 Å². The van der Waals surface area contributed by atoms with E-state index >= 15 is 0 Å². The SMILES string of the molecule is CCc1ccccc1OCC(=O)N1CCCCC1CC. The maximum Gasteiger partial charge on any atom is 0.260 e. The van der Waals surface area contributed by atoms with Gasteiger partial charge in [-0.2, -0.15) is 0 Å². The van der Waals surface area contributed by atoms with E-state index in [2.05, 4.69) is 19.9 Å². The molecule has 0 bridgehead atoms. The van der Waals surface area contributed by atoms with Crippen LogP contribution in [0.3, 0.4) is 0 Å². The number of para-hydroxylation sites is 1. The van der Waals surface area contributed by atoms with Crippen molar-refractivity contribution in [3.05, 3.63) is 29.8 Å². The first-order chi connectivity index (χ1) is 9.76. The molecule has 1 aromatic rings. The lowest BCUT2D eigenvalue weighted by molar-refractivity contribution is -0.137. The van der Waals surface area contributed by atoms with E-state index in [1.54, 1.807) is 0 Å². The molecule has 1 aliphatic heterocycles. The summed E-state index contributed by atoms with van der Waals surface area (Å²) in [4.78, 5) is 14.4. The summed E-state index contributed by atoms with van der Waals surface area (Å²) in [6.45, 7) is 5.30. The fraction of sp³-hybridized carbons (Fsp3) is 0.588. The third-order valence-corrected chi connectivity index (χ3v) is 4.12. The minimum Gasteiger partial charge on any atom is -0.483 e. The first-order valence-corrected chi connectivity index (χ1v) is 7.76. The second-order valence-corrected chi connectivity index (χ2v) is 5.39. The molecule has 20 heavy (non-hydrogen) atoms. The lowest BCUT2D eigenvalue weighted by Gasteiger charge is -2.35. The molecule has 1 atom stereocenters. The van der Waals surface area contributed by atoms with E-state index in [0.29, 0.717) is 6.04 Å². The lowest BCUT2D eigenvalue weighted by atomic mass is 10.00. The molecule has 0 N–H and O–H groups in total. The number of rotatable bonds is 5. The summed E-state index contributed by atoms with van der Waals surface area (Å²) >= 11 is 0. The van der Waals surface area contributed by atoms with Crippen LogP contribution >= 0.6 is 0 Å². The number of likely N-dealkylation sites (tertiary alicyclic amines) is 1. The van der Waals surface area contributed by atoms with Crippen molar-refractivity contribution in [2.75, 3.05) is 13.2 Å². The van der Waals surface area contributed by atoms with Crippen LogP contribution in [-0.2, 0) is 11.2 Å². The highest BCUT2D eigenvalue weighted by Gasteiger charge is 2.25. The molecule has 1 unspecified atom stereocenters. The fourth-order valence-electron chi connectivity index (χ4n) is 2.91. The summed E-state index contributed by atoms with van der Waals surface area (Å²) < 4.78 is 5.74. The molecule has 1 aliphatic rings. The number of hydrogen-bond acceptors (Lipinski definition) is 2. The van der Waals surface area contributed by atoms with E-state index in [0.717, 1.165) is 43.5 Å². The Morgan fingerprint density at radius 3 is 2.85 bits per heavy atom. The van der Waals surface area contributed by atoms with Gasteiger partial charge in [-0.05, 0) is 43.7 Å². The fourth-order valence-corrected chi connectivity index (χ4v) is 2.91. The normalized spacial score (nSPS) is 18.9. The Hall–Kier alpha value is -1.51. The summed E-state index contributed by atoms with van der Waals surface area (Å²) in [6.07, 6.45) is 5.45. The molecule has 1 saturated heterocycles. The minimum atomic E-state index is 0.127. The Bertz CT molecular complexity index is 444. The number of carbonyl (C=O) groups is 1. The van der Waals surface area contributed by atoms with Crippen LogP contribution in [0.1, 0.15) is 45.1 Å². The average Bonchev–Trinajstić information content (AvgIpc) is 2.52. The van der Waals surface area contributed by atoms with Gasteiger partial charge in [0, 0.05) is 12.6 Å². The third-order valence-electron chi connectivity index (χ3n) is 4.12. The predicted molar refractivity (Wildman–Crippen MR) is 81.0 cm³/mol. The van der Waals surface area contributed by atoms with Crippen LogP contribution in [0.2, 0.25) is 0 Å². The van der Waals surface area contributed by atoms with Gasteiger partial charge in [-0.25, -0.2) is 0 Å². The van der Waals surface area contributed by atoms with Crippen LogP contribution < -0.4 is 4.74 Å². The maximum absolute atomic E-state index is 12.3. The summed E-state index contributed by atoms with van der Waals surface area (Å²) in [5, 5.41) is 0. The highest BCUT2D eigenvalue weighted by molar-refractivity contribution is 5.78. The predicted octanol–water partition coefficient (Wildman–Crippen LogP) is 3.42. The minimum absolute atomic E-state index is 0.127. The zero-order valence-corrected chi connectivity index (χ0v) is 12.6. The quantitative estimate of drug-likeness (QED) is 0.824. The van der Waals surface area contributed by atoms with Crippen LogP contribution in [0.15, 0.2) is 24.3 Å². The van der Waals surface area contributed by atoms with Gasteiger partial charge in [0.1, 0.15) is 5.75 Å². The molecule has 0 radical (unpaired) electrons.